The van der Waals surface area contributed by atoms with Gasteiger partial charge in [0.05, 0.1) is 19.0 Å². The first kappa shape index (κ1) is 14.3. The smallest absolute Gasteiger partial charge is 0.331 e. The van der Waals surface area contributed by atoms with Gasteiger partial charge in [0.15, 0.2) is 0 Å². The van der Waals surface area contributed by atoms with Crippen LogP contribution in [0.1, 0.15) is 18.2 Å². The van der Waals surface area contributed by atoms with Gasteiger partial charge in [-0.3, -0.25) is 19.1 Å². The van der Waals surface area contributed by atoms with Crippen LogP contribution in [0.3, 0.4) is 0 Å². The number of carbonyl (C=O) groups excluding carboxylic acids is 1. The molecular weight excluding hydrogens is 280 g/mol. The molecule has 2 aromatic rings. The van der Waals surface area contributed by atoms with E-state index in [-0.39, 0.29) is 12.1 Å². The zero-order valence-electron chi connectivity index (χ0n) is 11.0. The van der Waals surface area contributed by atoms with Crippen molar-refractivity contribution < 1.29 is 14.3 Å². The summed E-state index contributed by atoms with van der Waals surface area (Å²) >= 11 is 0. The van der Waals surface area contributed by atoms with Gasteiger partial charge in [0.2, 0.25) is 11.8 Å². The maximum Gasteiger partial charge on any atom is 0.331 e. The lowest BCUT2D eigenvalue weighted by atomic mass is 10.3. The Bertz CT molecular complexity index is 785. The summed E-state index contributed by atoms with van der Waals surface area (Å²) in [4.78, 5) is 36.1. The third-order valence-electron chi connectivity index (χ3n) is 2.52. The first-order valence-electron chi connectivity index (χ1n) is 5.87. The maximum atomic E-state index is 11.7. The number of rotatable bonds is 4. The lowest BCUT2D eigenvalue weighted by Gasteiger charge is -2.07. The zero-order valence-corrected chi connectivity index (χ0v) is 11.0. The van der Waals surface area contributed by atoms with Crippen molar-refractivity contribution in [3.05, 3.63) is 50.6 Å². The van der Waals surface area contributed by atoms with E-state index >= 15 is 0 Å². The summed E-state index contributed by atoms with van der Waals surface area (Å²) in [5.41, 5.74) is 0.230. The van der Waals surface area contributed by atoms with Crippen LogP contribution in [0.5, 0.6) is 5.88 Å². The summed E-state index contributed by atoms with van der Waals surface area (Å²) in [6, 6.07) is 3.24. The molecule has 0 spiro atoms. The van der Waals surface area contributed by atoms with Crippen LogP contribution in [0.4, 0.5) is 0 Å². The van der Waals surface area contributed by atoms with Gasteiger partial charge in [-0.2, -0.15) is 5.10 Å². The minimum absolute atomic E-state index is 0.0601. The third kappa shape index (κ3) is 3.26. The van der Waals surface area contributed by atoms with Gasteiger partial charge in [-0.25, -0.2) is 10.2 Å². The molecule has 21 heavy (non-hydrogen) atoms. The first-order chi connectivity index (χ1) is 9.99. The van der Waals surface area contributed by atoms with Gasteiger partial charge < -0.3 is 9.52 Å². The fourth-order valence-electron chi connectivity index (χ4n) is 1.58. The van der Waals surface area contributed by atoms with Crippen LogP contribution in [-0.4, -0.2) is 26.8 Å². The number of H-pyrrole nitrogens is 1. The third-order valence-corrected chi connectivity index (χ3v) is 2.52. The van der Waals surface area contributed by atoms with Crippen LogP contribution in [0, 0.1) is 0 Å². The Hall–Kier alpha value is -3.10. The summed E-state index contributed by atoms with van der Waals surface area (Å²) in [5, 5.41) is 13.5. The van der Waals surface area contributed by atoms with E-state index < -0.39 is 23.0 Å². The molecule has 110 valence electrons. The topological polar surface area (TPSA) is 130 Å². The fourth-order valence-corrected chi connectivity index (χ4v) is 1.58. The van der Waals surface area contributed by atoms with Crippen molar-refractivity contribution >= 4 is 12.1 Å². The van der Waals surface area contributed by atoms with Crippen LogP contribution in [-0.2, 0) is 11.3 Å². The van der Waals surface area contributed by atoms with E-state index in [2.05, 4.69) is 10.5 Å². The predicted molar refractivity (Wildman–Crippen MR) is 72.2 cm³/mol. The normalized spacial score (nSPS) is 10.9. The second kappa shape index (κ2) is 5.90. The van der Waals surface area contributed by atoms with E-state index in [0.29, 0.717) is 5.76 Å². The molecule has 0 unspecified atom stereocenters. The number of amides is 1. The summed E-state index contributed by atoms with van der Waals surface area (Å²) in [6.07, 6.45) is 2.37. The lowest BCUT2D eigenvalue weighted by Crippen LogP contribution is -2.32. The molecule has 2 aromatic heterocycles. The molecule has 0 saturated heterocycles. The monoisotopic (exact) mass is 292 g/mol. The van der Waals surface area contributed by atoms with Crippen molar-refractivity contribution in [2.45, 2.75) is 13.5 Å². The number of hydrazone groups is 1. The number of nitrogens with zero attached hydrogens (tertiary/aromatic N) is 2. The molecule has 0 aliphatic carbocycles. The molecule has 0 aliphatic heterocycles. The minimum atomic E-state index is -0.817. The highest BCUT2D eigenvalue weighted by Gasteiger charge is 2.13. The van der Waals surface area contributed by atoms with Crippen molar-refractivity contribution in [3.63, 3.8) is 0 Å². The van der Waals surface area contributed by atoms with E-state index in [9.17, 15) is 19.5 Å². The molecule has 0 radical (unpaired) electrons. The van der Waals surface area contributed by atoms with Gasteiger partial charge >= 0.3 is 5.69 Å². The van der Waals surface area contributed by atoms with Crippen molar-refractivity contribution in [2.24, 2.45) is 5.10 Å². The first-order valence-corrected chi connectivity index (χ1v) is 5.87. The molecule has 0 atom stereocenters. The summed E-state index contributed by atoms with van der Waals surface area (Å²) < 4.78 is 5.99. The highest BCUT2D eigenvalue weighted by Crippen LogP contribution is 2.11. The molecule has 0 bridgehead atoms. The number of hydrogen-bond acceptors (Lipinski definition) is 6. The number of aromatic nitrogens is 2. The number of aromatic hydroxyl groups is 1. The highest BCUT2D eigenvalue weighted by atomic mass is 16.3. The van der Waals surface area contributed by atoms with Crippen LogP contribution in [0.15, 0.2) is 37.5 Å². The molecule has 9 heteroatoms. The van der Waals surface area contributed by atoms with Crippen LogP contribution < -0.4 is 16.7 Å². The largest absolute Gasteiger partial charge is 0.494 e. The van der Waals surface area contributed by atoms with Gasteiger partial charge in [-0.15, -0.1) is 0 Å². The second-order valence-corrected chi connectivity index (χ2v) is 4.09. The number of nitrogens with one attached hydrogen (secondary N) is 2. The molecule has 3 N–H and O–H groups in total. The lowest BCUT2D eigenvalue weighted by molar-refractivity contribution is -0.118. The quantitative estimate of drug-likeness (QED) is 0.509. The Morgan fingerprint density at radius 1 is 1.57 bits per heavy atom. The standard InChI is InChI=1S/C12H12N4O5/c1-7(17)15-13-5-9-10(18)14-12(20)16(11(9)19)6-8-3-2-4-21-8/h2-5,19H,6H2,1H3,(H,15,17)(H,14,18,20). The van der Waals surface area contributed by atoms with E-state index in [0.717, 1.165) is 10.8 Å². The average Bonchev–Trinajstić information content (AvgIpc) is 2.91. The number of aromatic amines is 1. The number of furan rings is 1. The molecule has 0 saturated carbocycles. The summed E-state index contributed by atoms with van der Waals surface area (Å²) in [6.45, 7) is 1.18. The van der Waals surface area contributed by atoms with Crippen LogP contribution >= 0.6 is 0 Å². The Balaban J connectivity index is 2.42. The zero-order chi connectivity index (χ0) is 15.4. The molecular formula is C12H12N4O5. The molecule has 0 aliphatic rings. The van der Waals surface area contributed by atoms with Crippen molar-refractivity contribution in [2.75, 3.05) is 0 Å². The van der Waals surface area contributed by atoms with Crippen LogP contribution in [0.2, 0.25) is 0 Å². The molecule has 2 heterocycles. The van der Waals surface area contributed by atoms with Crippen molar-refractivity contribution in [3.8, 4) is 5.88 Å². The van der Waals surface area contributed by atoms with Gasteiger partial charge in [0.1, 0.15) is 11.3 Å². The summed E-state index contributed by atoms with van der Waals surface area (Å²) in [7, 11) is 0. The fraction of sp³-hybridized carbons (Fsp3) is 0.167. The molecule has 9 nitrogen and oxygen atoms in total. The Kier molecular flexibility index (Phi) is 4.02. The average molecular weight is 292 g/mol. The van der Waals surface area contributed by atoms with E-state index in [1.807, 2.05) is 4.98 Å². The Labute approximate surface area is 117 Å². The number of hydrogen-bond donors (Lipinski definition) is 3. The Morgan fingerprint density at radius 2 is 2.33 bits per heavy atom. The summed E-state index contributed by atoms with van der Waals surface area (Å²) in [5.74, 6) is -0.593. The molecule has 0 fully saturated rings. The Morgan fingerprint density at radius 3 is 2.95 bits per heavy atom. The van der Waals surface area contributed by atoms with E-state index in [1.54, 1.807) is 12.1 Å². The minimum Gasteiger partial charge on any atom is -0.494 e. The second-order valence-electron chi connectivity index (χ2n) is 4.09. The van der Waals surface area contributed by atoms with Gasteiger partial charge in [0, 0.05) is 6.92 Å². The van der Waals surface area contributed by atoms with E-state index in [4.69, 9.17) is 4.42 Å². The van der Waals surface area contributed by atoms with E-state index in [1.165, 1.54) is 13.2 Å². The van der Waals surface area contributed by atoms with Gasteiger partial charge in [-0.05, 0) is 12.1 Å². The molecule has 2 rings (SSSR count). The molecule has 0 aromatic carbocycles. The number of carbonyl (C=O) groups is 1. The van der Waals surface area contributed by atoms with Gasteiger partial charge in [0.25, 0.3) is 5.56 Å². The SMILES string of the molecule is CC(=O)NN=Cc1c(O)n(Cc2ccco2)c(=O)[nH]c1=O. The van der Waals surface area contributed by atoms with Crippen molar-refractivity contribution in [1.29, 1.82) is 0 Å². The van der Waals surface area contributed by atoms with Crippen molar-refractivity contribution in [1.82, 2.24) is 15.0 Å². The predicted octanol–water partition coefficient (Wildman–Crippen LogP) is -0.647. The molecule has 1 amide bonds. The van der Waals surface area contributed by atoms with Gasteiger partial charge in [-0.1, -0.05) is 0 Å². The maximum absolute atomic E-state index is 11.7. The van der Waals surface area contributed by atoms with Crippen LogP contribution in [0.25, 0.3) is 0 Å². The highest BCUT2D eigenvalue weighted by molar-refractivity contribution is 5.83.